The molecule has 1 N–H and O–H groups in total. The fourth-order valence-electron chi connectivity index (χ4n) is 3.91. The van der Waals surface area contributed by atoms with E-state index < -0.39 is 34.1 Å². The second-order valence-corrected chi connectivity index (χ2v) is 12.9. The molecule has 0 saturated heterocycles. The number of benzene rings is 3. The number of ether oxygens (including phenoxy) is 1. The number of nitrogens with one attached hydrogen (secondary N) is 1. The van der Waals surface area contributed by atoms with Gasteiger partial charge in [0.15, 0.2) is 0 Å². The van der Waals surface area contributed by atoms with Crippen molar-refractivity contribution in [3.63, 3.8) is 0 Å². The maximum Gasteiger partial charge on any atom is 0.244 e. The van der Waals surface area contributed by atoms with E-state index in [9.17, 15) is 18.0 Å². The van der Waals surface area contributed by atoms with Gasteiger partial charge in [0.2, 0.25) is 21.8 Å². The molecule has 2 amide bonds. The van der Waals surface area contributed by atoms with Crippen LogP contribution in [0, 0.1) is 0 Å². The lowest BCUT2D eigenvalue weighted by Gasteiger charge is -2.33. The molecule has 0 unspecified atom stereocenters. The van der Waals surface area contributed by atoms with Crippen LogP contribution in [0.2, 0.25) is 5.02 Å². The summed E-state index contributed by atoms with van der Waals surface area (Å²) in [5, 5.41) is 3.44. The van der Waals surface area contributed by atoms with Gasteiger partial charge in [-0.1, -0.05) is 54.1 Å². The predicted molar refractivity (Wildman–Crippen MR) is 159 cm³/mol. The topological polar surface area (TPSA) is 96.0 Å². The summed E-state index contributed by atoms with van der Waals surface area (Å²) in [6, 6.07) is 22.2. The third-order valence-corrected chi connectivity index (χ3v) is 7.38. The molecule has 40 heavy (non-hydrogen) atoms. The average molecular weight is 586 g/mol. The molecule has 1 atom stereocenters. The Morgan fingerprint density at radius 1 is 0.925 bits per heavy atom. The first-order valence-electron chi connectivity index (χ1n) is 12.8. The molecule has 3 aromatic rings. The molecule has 0 heterocycles. The van der Waals surface area contributed by atoms with Crippen molar-refractivity contribution in [1.82, 2.24) is 10.2 Å². The van der Waals surface area contributed by atoms with E-state index in [1.54, 1.807) is 55.5 Å². The number of rotatable bonds is 11. The molecular weight excluding hydrogens is 550 g/mol. The Balaban J connectivity index is 1.83. The minimum absolute atomic E-state index is 0.0958. The third kappa shape index (κ3) is 9.27. The molecule has 8 nitrogen and oxygen atoms in total. The highest BCUT2D eigenvalue weighted by molar-refractivity contribution is 7.92. The van der Waals surface area contributed by atoms with Gasteiger partial charge >= 0.3 is 0 Å². The summed E-state index contributed by atoms with van der Waals surface area (Å²) < 4.78 is 32.4. The van der Waals surface area contributed by atoms with Gasteiger partial charge in [0, 0.05) is 17.1 Å². The van der Waals surface area contributed by atoms with E-state index in [1.165, 1.54) is 4.90 Å². The number of halogens is 1. The van der Waals surface area contributed by atoms with Crippen LogP contribution in [0.15, 0.2) is 78.9 Å². The fraction of sp³-hybridized carbons (Fsp3) is 0.333. The van der Waals surface area contributed by atoms with Crippen LogP contribution in [0.3, 0.4) is 0 Å². The first-order valence-corrected chi connectivity index (χ1v) is 15.1. The molecule has 0 aliphatic rings. The summed E-state index contributed by atoms with van der Waals surface area (Å²) in [7, 11) is -3.84. The van der Waals surface area contributed by atoms with E-state index in [-0.39, 0.29) is 12.5 Å². The Morgan fingerprint density at radius 3 is 2.08 bits per heavy atom. The minimum Gasteiger partial charge on any atom is -0.489 e. The molecule has 0 bridgehead atoms. The lowest BCUT2D eigenvalue weighted by molar-refractivity contribution is -0.140. The molecule has 0 aromatic heterocycles. The maximum atomic E-state index is 13.7. The number of sulfonamides is 1. The van der Waals surface area contributed by atoms with Crippen LogP contribution in [0.1, 0.15) is 38.8 Å². The van der Waals surface area contributed by atoms with E-state index in [1.807, 2.05) is 51.1 Å². The molecule has 0 fully saturated rings. The van der Waals surface area contributed by atoms with Crippen LogP contribution >= 0.6 is 11.6 Å². The molecule has 0 aliphatic carbocycles. The molecular formula is C30H36ClN3O5S. The van der Waals surface area contributed by atoms with Gasteiger partial charge in [0.05, 0.1) is 11.9 Å². The quantitative estimate of drug-likeness (QED) is 0.341. The summed E-state index contributed by atoms with van der Waals surface area (Å²) in [5.41, 5.74) is 1.55. The van der Waals surface area contributed by atoms with Gasteiger partial charge in [0.1, 0.15) is 24.9 Å². The van der Waals surface area contributed by atoms with Crippen LogP contribution in [0.5, 0.6) is 5.75 Å². The highest BCUT2D eigenvalue weighted by Crippen LogP contribution is 2.23. The van der Waals surface area contributed by atoms with E-state index in [2.05, 4.69) is 5.32 Å². The number of carbonyl (C=O) groups is 2. The predicted octanol–water partition coefficient (Wildman–Crippen LogP) is 5.02. The zero-order valence-corrected chi connectivity index (χ0v) is 25.0. The van der Waals surface area contributed by atoms with Crippen molar-refractivity contribution in [3.8, 4) is 5.75 Å². The molecule has 0 radical (unpaired) electrons. The van der Waals surface area contributed by atoms with Crippen molar-refractivity contribution in [1.29, 1.82) is 0 Å². The van der Waals surface area contributed by atoms with Crippen molar-refractivity contribution in [2.45, 2.75) is 52.4 Å². The summed E-state index contributed by atoms with van der Waals surface area (Å²) in [5.74, 6) is -0.314. The van der Waals surface area contributed by atoms with Gasteiger partial charge in [-0.25, -0.2) is 8.42 Å². The van der Waals surface area contributed by atoms with Gasteiger partial charge in [-0.3, -0.25) is 13.9 Å². The van der Waals surface area contributed by atoms with Crippen molar-refractivity contribution in [2.75, 3.05) is 17.1 Å². The smallest absolute Gasteiger partial charge is 0.244 e. The molecule has 3 aromatic carbocycles. The average Bonchev–Trinajstić information content (AvgIpc) is 2.89. The van der Waals surface area contributed by atoms with Gasteiger partial charge in [-0.15, -0.1) is 0 Å². The monoisotopic (exact) mass is 585 g/mol. The molecule has 0 aliphatic heterocycles. The Morgan fingerprint density at radius 2 is 1.52 bits per heavy atom. The second kappa shape index (κ2) is 13.2. The van der Waals surface area contributed by atoms with E-state index in [4.69, 9.17) is 16.3 Å². The fourth-order valence-corrected chi connectivity index (χ4v) is 4.88. The summed E-state index contributed by atoms with van der Waals surface area (Å²) >= 11 is 6.02. The van der Waals surface area contributed by atoms with Gasteiger partial charge < -0.3 is 15.0 Å². The summed E-state index contributed by atoms with van der Waals surface area (Å²) in [6.07, 6.45) is 1.04. The standard InChI is InChI=1S/C30H36ClN3O5S/c1-22(29(36)32-30(2,3)4)33(19-23-11-13-25(31)14-12-23)28(35)20-34(40(5,37)38)26-15-17-27(18-16-26)39-21-24-9-7-6-8-10-24/h6-18,22H,19-21H2,1-5H3,(H,32,36)/t22-/m0/s1. The van der Waals surface area contributed by atoms with Crippen molar-refractivity contribution >= 4 is 39.1 Å². The molecule has 214 valence electrons. The SMILES string of the molecule is C[C@@H](C(=O)NC(C)(C)C)N(Cc1ccc(Cl)cc1)C(=O)CN(c1ccc(OCc2ccccc2)cc1)S(C)(=O)=O. The van der Waals surface area contributed by atoms with Gasteiger partial charge in [0.25, 0.3) is 0 Å². The zero-order valence-electron chi connectivity index (χ0n) is 23.4. The number of nitrogens with zero attached hydrogens (tertiary/aromatic N) is 2. The third-order valence-electron chi connectivity index (χ3n) is 5.98. The van der Waals surface area contributed by atoms with Gasteiger partial charge in [-0.05, 0) is 75.2 Å². The van der Waals surface area contributed by atoms with Crippen LogP contribution in [-0.2, 0) is 32.8 Å². The molecule has 0 saturated carbocycles. The van der Waals surface area contributed by atoms with Crippen LogP contribution in [0.4, 0.5) is 5.69 Å². The molecule has 0 spiro atoms. The van der Waals surface area contributed by atoms with E-state index in [0.29, 0.717) is 23.1 Å². The normalized spacial score (nSPS) is 12.3. The van der Waals surface area contributed by atoms with E-state index >= 15 is 0 Å². The van der Waals surface area contributed by atoms with Crippen molar-refractivity contribution < 1.29 is 22.7 Å². The number of anilines is 1. The molecule has 10 heteroatoms. The first-order chi connectivity index (χ1) is 18.7. The molecule has 3 rings (SSSR count). The number of carbonyl (C=O) groups excluding carboxylic acids is 2. The summed E-state index contributed by atoms with van der Waals surface area (Å²) in [6.45, 7) is 7.15. The highest BCUT2D eigenvalue weighted by atomic mass is 35.5. The number of hydrogen-bond donors (Lipinski definition) is 1. The second-order valence-electron chi connectivity index (χ2n) is 10.6. The number of amides is 2. The Bertz CT molecular complexity index is 1390. The largest absolute Gasteiger partial charge is 0.489 e. The lowest BCUT2D eigenvalue weighted by Crippen LogP contribution is -2.54. The van der Waals surface area contributed by atoms with E-state index in [0.717, 1.165) is 21.7 Å². The van der Waals surface area contributed by atoms with Crippen molar-refractivity contribution in [2.24, 2.45) is 0 Å². The Kier molecular flexibility index (Phi) is 10.2. The Labute approximate surface area is 241 Å². The van der Waals surface area contributed by atoms with Crippen LogP contribution < -0.4 is 14.4 Å². The van der Waals surface area contributed by atoms with Crippen LogP contribution in [-0.4, -0.2) is 49.5 Å². The highest BCUT2D eigenvalue weighted by Gasteiger charge is 2.31. The Hall–Kier alpha value is -3.56. The van der Waals surface area contributed by atoms with Crippen molar-refractivity contribution in [3.05, 3.63) is 95.0 Å². The number of hydrogen-bond acceptors (Lipinski definition) is 5. The van der Waals surface area contributed by atoms with Crippen LogP contribution in [0.25, 0.3) is 0 Å². The zero-order chi connectivity index (χ0) is 29.5. The minimum atomic E-state index is -3.84. The first kappa shape index (κ1) is 31.0. The summed E-state index contributed by atoms with van der Waals surface area (Å²) in [4.78, 5) is 28.1. The maximum absolute atomic E-state index is 13.7. The lowest BCUT2D eigenvalue weighted by atomic mass is 10.1. The van der Waals surface area contributed by atoms with Gasteiger partial charge in [-0.2, -0.15) is 0 Å².